The average molecular weight is 532 g/mol. The first-order chi connectivity index (χ1) is 18.8. The van der Waals surface area contributed by atoms with Crippen LogP contribution >= 0.6 is 0 Å². The number of carbonyl (C=O) groups is 1. The van der Waals surface area contributed by atoms with Gasteiger partial charge in [-0.05, 0) is 77.2 Å². The van der Waals surface area contributed by atoms with Gasteiger partial charge in [0.1, 0.15) is 5.78 Å². The molecule has 0 aliphatic heterocycles. The number of rotatable bonds is 32. The summed E-state index contributed by atoms with van der Waals surface area (Å²) in [5, 5.41) is 0. The van der Waals surface area contributed by atoms with Crippen molar-refractivity contribution in [1.29, 1.82) is 0 Å². The van der Waals surface area contributed by atoms with E-state index in [1.54, 1.807) is 0 Å². The Morgan fingerprint density at radius 2 is 0.711 bits per heavy atom. The second kappa shape index (κ2) is 34.1. The molecule has 0 unspecified atom stereocenters. The molecule has 224 valence electrons. The predicted octanol–water partition coefficient (Wildman–Crippen LogP) is 12.0. The van der Waals surface area contributed by atoms with E-state index in [4.69, 9.17) is 5.73 Å². The third-order valence-corrected chi connectivity index (χ3v) is 7.79. The summed E-state index contributed by atoms with van der Waals surface area (Å²) in [7, 11) is 0. The van der Waals surface area contributed by atoms with Crippen LogP contribution in [0.15, 0.2) is 24.3 Å². The quantitative estimate of drug-likeness (QED) is 0.0692. The zero-order chi connectivity index (χ0) is 27.6. The molecule has 2 nitrogen and oxygen atoms in total. The minimum absolute atomic E-state index is 0.503. The summed E-state index contributed by atoms with van der Waals surface area (Å²) in [6.45, 7) is 3.13. The van der Waals surface area contributed by atoms with Gasteiger partial charge in [0.25, 0.3) is 0 Å². The van der Waals surface area contributed by atoms with Gasteiger partial charge in [-0.25, -0.2) is 0 Å². The fraction of sp³-hybridized carbons (Fsp3) is 0.861. The molecule has 0 fully saturated rings. The third-order valence-electron chi connectivity index (χ3n) is 7.79. The second-order valence-electron chi connectivity index (χ2n) is 11.7. The molecule has 0 aromatic carbocycles. The average Bonchev–Trinajstić information content (AvgIpc) is 2.92. The largest absolute Gasteiger partial charge is 0.330 e. The summed E-state index contributed by atoms with van der Waals surface area (Å²) < 4.78 is 0. The molecule has 2 heteroatoms. The van der Waals surface area contributed by atoms with Crippen LogP contribution in [0, 0.1) is 0 Å². The second-order valence-corrected chi connectivity index (χ2v) is 11.7. The highest BCUT2D eigenvalue weighted by Crippen LogP contribution is 2.13. The van der Waals surface area contributed by atoms with Crippen molar-refractivity contribution in [2.75, 3.05) is 6.54 Å². The Bertz CT molecular complexity index is 509. The maximum Gasteiger partial charge on any atom is 0.132 e. The molecule has 0 aromatic heterocycles. The monoisotopic (exact) mass is 532 g/mol. The van der Waals surface area contributed by atoms with Gasteiger partial charge in [-0.1, -0.05) is 134 Å². The molecule has 0 radical (unpaired) electrons. The lowest BCUT2D eigenvalue weighted by Crippen LogP contribution is -1.97. The zero-order valence-electron chi connectivity index (χ0n) is 26.0. The number of hydrogen-bond acceptors (Lipinski definition) is 2. The molecular weight excluding hydrogens is 462 g/mol. The lowest BCUT2D eigenvalue weighted by molar-refractivity contribution is -0.119. The third kappa shape index (κ3) is 33.1. The summed E-state index contributed by atoms with van der Waals surface area (Å²) in [5.74, 6) is 0.503. The molecule has 0 spiro atoms. The van der Waals surface area contributed by atoms with E-state index in [0.717, 1.165) is 32.2 Å². The van der Waals surface area contributed by atoms with Crippen LogP contribution in [0.1, 0.15) is 193 Å². The molecule has 0 saturated heterocycles. The molecule has 0 amide bonds. The van der Waals surface area contributed by atoms with E-state index in [9.17, 15) is 4.79 Å². The van der Waals surface area contributed by atoms with Crippen molar-refractivity contribution < 1.29 is 4.79 Å². The SMILES string of the molecule is CCCCCCCCC=CCCCCCCCC(=O)CCCCCCCCC=CCCCCCCCCN. The van der Waals surface area contributed by atoms with Gasteiger partial charge in [0, 0.05) is 12.8 Å². The van der Waals surface area contributed by atoms with Crippen LogP contribution in [0.25, 0.3) is 0 Å². The van der Waals surface area contributed by atoms with Crippen molar-refractivity contribution in [3.8, 4) is 0 Å². The van der Waals surface area contributed by atoms with Gasteiger partial charge in [0.05, 0.1) is 0 Å². The van der Waals surface area contributed by atoms with Gasteiger partial charge in [0.2, 0.25) is 0 Å². The molecule has 0 rings (SSSR count). The number of ketones is 1. The van der Waals surface area contributed by atoms with Crippen molar-refractivity contribution in [1.82, 2.24) is 0 Å². The number of nitrogens with two attached hydrogens (primary N) is 1. The topological polar surface area (TPSA) is 43.1 Å². The number of hydrogen-bond donors (Lipinski definition) is 1. The Morgan fingerprint density at radius 1 is 0.421 bits per heavy atom. The Kier molecular flexibility index (Phi) is 33.3. The van der Waals surface area contributed by atoms with Gasteiger partial charge < -0.3 is 5.73 Å². The number of unbranched alkanes of at least 4 members (excludes halogenated alkanes) is 23. The van der Waals surface area contributed by atoms with Crippen molar-refractivity contribution in [3.05, 3.63) is 24.3 Å². The maximum atomic E-state index is 12.1. The molecule has 0 aromatic rings. The first kappa shape index (κ1) is 37.1. The summed E-state index contributed by atoms with van der Waals surface area (Å²) in [5.41, 5.74) is 5.53. The Labute approximate surface area is 240 Å². The van der Waals surface area contributed by atoms with Crippen LogP contribution in [0.4, 0.5) is 0 Å². The van der Waals surface area contributed by atoms with Crippen LogP contribution in [0.3, 0.4) is 0 Å². The standard InChI is InChI=1S/C36H69NO/c1-2-3-4-5-6-7-8-9-12-15-18-21-24-27-30-33-36(38)34-31-28-25-22-19-16-13-10-11-14-17-20-23-26-29-32-35-37/h9-12H,2-8,13-35,37H2,1H3. The highest BCUT2D eigenvalue weighted by Gasteiger charge is 2.02. The number of allylic oxidation sites excluding steroid dienone is 4. The van der Waals surface area contributed by atoms with E-state index in [2.05, 4.69) is 31.2 Å². The number of Topliss-reactive ketones (excluding diaryl/α,β-unsaturated/α-hetero) is 1. The van der Waals surface area contributed by atoms with Gasteiger partial charge in [0.15, 0.2) is 0 Å². The van der Waals surface area contributed by atoms with Gasteiger partial charge in [-0.15, -0.1) is 0 Å². The van der Waals surface area contributed by atoms with Crippen LogP contribution in [0.2, 0.25) is 0 Å². The molecule has 0 aliphatic carbocycles. The molecule has 38 heavy (non-hydrogen) atoms. The first-order valence-corrected chi connectivity index (χ1v) is 17.3. The van der Waals surface area contributed by atoms with E-state index in [1.807, 2.05) is 0 Å². The van der Waals surface area contributed by atoms with Crippen LogP contribution in [-0.2, 0) is 4.79 Å². The summed E-state index contributed by atoms with van der Waals surface area (Å²) in [6, 6.07) is 0. The molecular formula is C36H69NO. The van der Waals surface area contributed by atoms with E-state index in [0.29, 0.717) is 5.78 Å². The van der Waals surface area contributed by atoms with E-state index in [1.165, 1.54) is 161 Å². The molecule has 0 aliphatic rings. The Hall–Kier alpha value is -0.890. The minimum Gasteiger partial charge on any atom is -0.330 e. The minimum atomic E-state index is 0.503. The van der Waals surface area contributed by atoms with E-state index < -0.39 is 0 Å². The Balaban J connectivity index is 3.23. The van der Waals surface area contributed by atoms with Crippen molar-refractivity contribution in [2.24, 2.45) is 5.73 Å². The highest BCUT2D eigenvalue weighted by atomic mass is 16.1. The van der Waals surface area contributed by atoms with Gasteiger partial charge >= 0.3 is 0 Å². The van der Waals surface area contributed by atoms with Crippen molar-refractivity contribution in [3.63, 3.8) is 0 Å². The lowest BCUT2D eigenvalue weighted by Gasteiger charge is -2.03. The van der Waals surface area contributed by atoms with E-state index in [-0.39, 0.29) is 0 Å². The van der Waals surface area contributed by atoms with Crippen LogP contribution in [-0.4, -0.2) is 12.3 Å². The van der Waals surface area contributed by atoms with E-state index >= 15 is 0 Å². The highest BCUT2D eigenvalue weighted by molar-refractivity contribution is 5.78. The Morgan fingerprint density at radius 3 is 1.05 bits per heavy atom. The van der Waals surface area contributed by atoms with Gasteiger partial charge in [-0.2, -0.15) is 0 Å². The molecule has 0 atom stereocenters. The smallest absolute Gasteiger partial charge is 0.132 e. The summed E-state index contributed by atoms with van der Waals surface area (Å²) in [4.78, 5) is 12.1. The van der Waals surface area contributed by atoms with Crippen LogP contribution < -0.4 is 5.73 Å². The first-order valence-electron chi connectivity index (χ1n) is 17.3. The molecule has 0 saturated carbocycles. The lowest BCUT2D eigenvalue weighted by atomic mass is 10.0. The number of carbonyl (C=O) groups excluding carboxylic acids is 1. The van der Waals surface area contributed by atoms with Gasteiger partial charge in [-0.3, -0.25) is 4.79 Å². The zero-order valence-corrected chi connectivity index (χ0v) is 26.0. The molecule has 0 heterocycles. The normalized spacial score (nSPS) is 11.8. The van der Waals surface area contributed by atoms with Crippen LogP contribution in [0.5, 0.6) is 0 Å². The fourth-order valence-electron chi connectivity index (χ4n) is 5.16. The van der Waals surface area contributed by atoms with Crippen molar-refractivity contribution >= 4 is 5.78 Å². The molecule has 0 bridgehead atoms. The fourth-order valence-corrected chi connectivity index (χ4v) is 5.16. The van der Waals surface area contributed by atoms with Crippen molar-refractivity contribution in [2.45, 2.75) is 193 Å². The molecule has 2 N–H and O–H groups in total. The summed E-state index contributed by atoms with van der Waals surface area (Å²) >= 11 is 0. The maximum absolute atomic E-state index is 12.1. The summed E-state index contributed by atoms with van der Waals surface area (Å²) in [6.07, 6.45) is 46.4. The predicted molar refractivity (Wildman–Crippen MR) is 172 cm³/mol.